The standard InChI is InChI=1S/C32H27N7O3/c1-19-7-9-20(10-8-19)39-27(17-26(38-39)32(2)14-15-32)36-31(41)35-23-11-12-24(22-6-4-3-5-21(22)23)42-25-13-16-33-30-29(25)34-18-28(40)37-30/h3-13,16-18,29H,14-15H2,1-2H3,(H2,35,36,41). The Hall–Kier alpha value is -5.38. The van der Waals surface area contributed by atoms with Gasteiger partial charge in [0.15, 0.2) is 11.9 Å². The second-order valence-corrected chi connectivity index (χ2v) is 10.9. The Kier molecular flexibility index (Phi) is 6.04. The number of carbonyl (C=O) groups is 2. The van der Waals surface area contributed by atoms with Crippen molar-refractivity contribution in [1.29, 1.82) is 0 Å². The maximum absolute atomic E-state index is 13.3. The van der Waals surface area contributed by atoms with Crippen LogP contribution >= 0.6 is 0 Å². The Morgan fingerprint density at radius 3 is 2.60 bits per heavy atom. The number of amidine groups is 1. The summed E-state index contributed by atoms with van der Waals surface area (Å²) in [5.74, 6) is 1.52. The second kappa shape index (κ2) is 9.91. The lowest BCUT2D eigenvalue weighted by Crippen LogP contribution is -2.30. The first-order valence-corrected chi connectivity index (χ1v) is 13.7. The molecule has 1 saturated carbocycles. The molecule has 3 aliphatic rings. The average Bonchev–Trinajstić information content (AvgIpc) is 3.60. The SMILES string of the molecule is Cc1ccc(-n2nc(C3(C)CC3)cc2NC(=O)Nc2ccc(OC3=CC=NC4=NC(=O)C=NC34)c3ccccc23)cc1. The third kappa shape index (κ3) is 4.77. The van der Waals surface area contributed by atoms with Crippen LogP contribution < -0.4 is 15.4 Å². The van der Waals surface area contributed by atoms with Crippen molar-refractivity contribution in [1.82, 2.24) is 9.78 Å². The van der Waals surface area contributed by atoms with Gasteiger partial charge in [0.25, 0.3) is 5.91 Å². The van der Waals surface area contributed by atoms with E-state index in [-0.39, 0.29) is 11.4 Å². The number of fused-ring (bicyclic) bond motifs is 2. The molecule has 3 amide bonds. The van der Waals surface area contributed by atoms with Crippen LogP contribution in [0.1, 0.15) is 31.0 Å². The highest BCUT2D eigenvalue weighted by Crippen LogP contribution is 2.47. The lowest BCUT2D eigenvalue weighted by Gasteiger charge is -2.21. The lowest BCUT2D eigenvalue weighted by molar-refractivity contribution is -0.111. The Balaban J connectivity index is 1.15. The second-order valence-electron chi connectivity index (χ2n) is 10.9. The minimum atomic E-state index is -0.587. The first kappa shape index (κ1) is 25.6. The van der Waals surface area contributed by atoms with E-state index in [4.69, 9.17) is 9.84 Å². The zero-order valence-electron chi connectivity index (χ0n) is 23.0. The highest BCUT2D eigenvalue weighted by atomic mass is 16.5. The number of aliphatic imine (C=N–C) groups is 3. The van der Waals surface area contributed by atoms with Crippen molar-refractivity contribution >= 4 is 52.5 Å². The first-order chi connectivity index (χ1) is 20.4. The molecule has 10 nitrogen and oxygen atoms in total. The summed E-state index contributed by atoms with van der Waals surface area (Å²) in [5.41, 5.74) is 3.65. The zero-order chi connectivity index (χ0) is 28.8. The number of benzene rings is 3. The van der Waals surface area contributed by atoms with E-state index in [1.807, 2.05) is 61.5 Å². The van der Waals surface area contributed by atoms with E-state index < -0.39 is 11.9 Å². The Labute approximate surface area is 241 Å². The van der Waals surface area contributed by atoms with Gasteiger partial charge >= 0.3 is 6.03 Å². The molecular weight excluding hydrogens is 530 g/mol. The third-order valence-corrected chi connectivity index (χ3v) is 7.73. The molecule has 1 atom stereocenters. The van der Waals surface area contributed by atoms with Crippen LogP contribution in [-0.2, 0) is 10.2 Å². The number of allylic oxidation sites excluding steroid dienone is 1. The van der Waals surface area contributed by atoms with Crippen LogP contribution in [-0.4, -0.2) is 46.0 Å². The Morgan fingerprint density at radius 1 is 1.02 bits per heavy atom. The number of aromatic nitrogens is 2. The molecule has 42 heavy (non-hydrogen) atoms. The molecule has 0 saturated heterocycles. The molecule has 10 heteroatoms. The molecule has 1 aliphatic carbocycles. The highest BCUT2D eigenvalue weighted by Gasteiger charge is 2.42. The number of hydrogen-bond donors (Lipinski definition) is 2. The van der Waals surface area contributed by atoms with Gasteiger partial charge in [-0.3, -0.25) is 15.1 Å². The number of anilines is 2. The number of dihydropyridines is 1. The number of amides is 3. The van der Waals surface area contributed by atoms with Crippen LogP contribution in [0.25, 0.3) is 16.5 Å². The largest absolute Gasteiger partial charge is 0.458 e. The third-order valence-electron chi connectivity index (χ3n) is 7.73. The number of nitrogens with zero attached hydrogens (tertiary/aromatic N) is 5. The van der Waals surface area contributed by atoms with Gasteiger partial charge in [-0.1, -0.05) is 48.9 Å². The summed E-state index contributed by atoms with van der Waals surface area (Å²) in [4.78, 5) is 37.3. The van der Waals surface area contributed by atoms with Gasteiger partial charge in [-0.25, -0.2) is 14.5 Å². The highest BCUT2D eigenvalue weighted by molar-refractivity contribution is 6.32. The predicted molar refractivity (Wildman–Crippen MR) is 163 cm³/mol. The van der Waals surface area contributed by atoms with Crippen molar-refractivity contribution in [3.05, 3.63) is 89.8 Å². The fourth-order valence-electron chi connectivity index (χ4n) is 5.03. The fourth-order valence-corrected chi connectivity index (χ4v) is 5.03. The quantitative estimate of drug-likeness (QED) is 0.313. The number of nitrogens with one attached hydrogen (secondary N) is 2. The van der Waals surface area contributed by atoms with E-state index in [9.17, 15) is 9.59 Å². The number of rotatable bonds is 6. The molecule has 208 valence electrons. The van der Waals surface area contributed by atoms with Gasteiger partial charge < -0.3 is 10.1 Å². The maximum atomic E-state index is 13.3. The number of ether oxygens (including phenoxy) is 1. The van der Waals surface area contributed by atoms with Gasteiger partial charge in [0.2, 0.25) is 0 Å². The van der Waals surface area contributed by atoms with Gasteiger partial charge in [-0.15, -0.1) is 0 Å². The summed E-state index contributed by atoms with van der Waals surface area (Å²) < 4.78 is 8.05. The minimum Gasteiger partial charge on any atom is -0.458 e. The van der Waals surface area contributed by atoms with Gasteiger partial charge in [-0.2, -0.15) is 10.1 Å². The normalized spacial score (nSPS) is 18.2. The first-order valence-electron chi connectivity index (χ1n) is 13.7. The van der Waals surface area contributed by atoms with Crippen molar-refractivity contribution < 1.29 is 14.3 Å². The van der Waals surface area contributed by atoms with Crippen LogP contribution in [0.15, 0.2) is 93.5 Å². The average molecular weight is 558 g/mol. The number of hydrogen-bond acceptors (Lipinski definition) is 6. The number of carbonyl (C=O) groups excluding carboxylic acids is 2. The molecule has 2 aliphatic heterocycles. The molecule has 1 unspecified atom stereocenters. The molecule has 0 spiro atoms. The van der Waals surface area contributed by atoms with Crippen LogP contribution in [0.5, 0.6) is 5.75 Å². The molecule has 3 aromatic carbocycles. The fraction of sp³-hybridized carbons (Fsp3) is 0.188. The van der Waals surface area contributed by atoms with Crippen molar-refractivity contribution in [2.24, 2.45) is 15.0 Å². The molecule has 0 bridgehead atoms. The monoisotopic (exact) mass is 557 g/mol. The van der Waals surface area contributed by atoms with Gasteiger partial charge in [0, 0.05) is 28.5 Å². The topological polar surface area (TPSA) is 122 Å². The maximum Gasteiger partial charge on any atom is 0.324 e. The zero-order valence-corrected chi connectivity index (χ0v) is 23.0. The van der Waals surface area contributed by atoms with E-state index in [0.717, 1.165) is 40.6 Å². The van der Waals surface area contributed by atoms with Gasteiger partial charge in [0.1, 0.15) is 17.3 Å². The molecule has 1 aromatic heterocycles. The van der Waals surface area contributed by atoms with E-state index in [1.165, 1.54) is 12.4 Å². The molecule has 3 heterocycles. The lowest BCUT2D eigenvalue weighted by atomic mass is 10.1. The number of urea groups is 1. The summed E-state index contributed by atoms with van der Waals surface area (Å²) in [6.07, 6.45) is 6.57. The van der Waals surface area contributed by atoms with Crippen LogP contribution in [0.4, 0.5) is 16.3 Å². The smallest absolute Gasteiger partial charge is 0.324 e. The van der Waals surface area contributed by atoms with E-state index in [2.05, 4.69) is 32.5 Å². The summed E-state index contributed by atoms with van der Waals surface area (Å²) in [5, 5.41) is 12.5. The molecule has 2 N–H and O–H groups in total. The van der Waals surface area contributed by atoms with E-state index in [0.29, 0.717) is 28.8 Å². The van der Waals surface area contributed by atoms with Gasteiger partial charge in [0.05, 0.1) is 23.3 Å². The molecular formula is C32H27N7O3. The molecule has 1 fully saturated rings. The summed E-state index contributed by atoms with van der Waals surface area (Å²) in [6.45, 7) is 4.23. The molecule has 7 rings (SSSR count). The summed E-state index contributed by atoms with van der Waals surface area (Å²) in [7, 11) is 0. The summed E-state index contributed by atoms with van der Waals surface area (Å²) >= 11 is 0. The van der Waals surface area contributed by atoms with Crippen molar-refractivity contribution in [3.63, 3.8) is 0 Å². The molecule has 0 radical (unpaired) electrons. The Morgan fingerprint density at radius 2 is 1.81 bits per heavy atom. The summed E-state index contributed by atoms with van der Waals surface area (Å²) in [6, 6.07) is 20.3. The van der Waals surface area contributed by atoms with Crippen LogP contribution in [0.2, 0.25) is 0 Å². The molecule has 4 aromatic rings. The Bertz CT molecular complexity index is 1880. The number of aryl methyl sites for hydroxylation is 1. The van der Waals surface area contributed by atoms with Crippen LogP contribution in [0, 0.1) is 6.92 Å². The van der Waals surface area contributed by atoms with Crippen molar-refractivity contribution in [2.75, 3.05) is 10.6 Å². The van der Waals surface area contributed by atoms with Gasteiger partial charge in [-0.05, 0) is 50.1 Å². The van der Waals surface area contributed by atoms with E-state index in [1.54, 1.807) is 22.9 Å². The van der Waals surface area contributed by atoms with E-state index >= 15 is 0 Å². The van der Waals surface area contributed by atoms with Crippen molar-refractivity contribution in [3.8, 4) is 11.4 Å². The van der Waals surface area contributed by atoms with Crippen molar-refractivity contribution in [2.45, 2.75) is 38.1 Å². The predicted octanol–water partition coefficient (Wildman–Crippen LogP) is 5.75. The van der Waals surface area contributed by atoms with Crippen LogP contribution in [0.3, 0.4) is 0 Å². The minimum absolute atomic E-state index is 0.0413.